The molecule has 1 saturated heterocycles. The molecular formula is C13H21N5O. The number of carbonyl (C=O) groups excluding carboxylic acids is 1. The molecule has 1 aromatic rings. The minimum Gasteiger partial charge on any atom is -0.308 e. The molecule has 2 heterocycles. The van der Waals surface area contributed by atoms with Gasteiger partial charge in [-0.15, -0.1) is 0 Å². The van der Waals surface area contributed by atoms with E-state index in [1.807, 2.05) is 11.9 Å². The predicted octanol–water partition coefficient (Wildman–Crippen LogP) is 1.06. The molecule has 1 aliphatic rings. The van der Waals surface area contributed by atoms with Gasteiger partial charge >= 0.3 is 0 Å². The Morgan fingerprint density at radius 1 is 1.37 bits per heavy atom. The summed E-state index contributed by atoms with van der Waals surface area (Å²) in [5.41, 5.74) is 6.87. The largest absolute Gasteiger partial charge is 0.308 e. The van der Waals surface area contributed by atoms with Gasteiger partial charge in [-0.2, -0.15) is 0 Å². The lowest BCUT2D eigenvalue weighted by Gasteiger charge is -2.26. The van der Waals surface area contributed by atoms with Crippen LogP contribution in [-0.2, 0) is 6.42 Å². The molecule has 6 nitrogen and oxygen atoms in total. The number of anilines is 1. The Hall–Kier alpha value is -1.66. The van der Waals surface area contributed by atoms with Gasteiger partial charge in [-0.3, -0.25) is 10.2 Å². The summed E-state index contributed by atoms with van der Waals surface area (Å²) < 4.78 is 0. The first-order valence-corrected chi connectivity index (χ1v) is 6.76. The second-order valence-electron chi connectivity index (χ2n) is 4.72. The van der Waals surface area contributed by atoms with E-state index >= 15 is 0 Å². The fraction of sp³-hybridized carbons (Fsp3) is 0.538. The van der Waals surface area contributed by atoms with Crippen LogP contribution < -0.4 is 16.7 Å². The number of nitrogen functional groups attached to an aromatic ring is 1. The van der Waals surface area contributed by atoms with Gasteiger partial charge in [0.15, 0.2) is 0 Å². The van der Waals surface area contributed by atoms with E-state index in [4.69, 9.17) is 5.84 Å². The van der Waals surface area contributed by atoms with E-state index < -0.39 is 0 Å². The van der Waals surface area contributed by atoms with Gasteiger partial charge in [-0.1, -0.05) is 13.3 Å². The molecule has 1 amide bonds. The molecule has 0 bridgehead atoms. The summed E-state index contributed by atoms with van der Waals surface area (Å²) in [7, 11) is 0. The van der Waals surface area contributed by atoms with E-state index in [2.05, 4.69) is 15.8 Å². The van der Waals surface area contributed by atoms with Crippen molar-refractivity contribution in [3.05, 3.63) is 23.4 Å². The summed E-state index contributed by atoms with van der Waals surface area (Å²) in [6, 6.07) is 3.47. The van der Waals surface area contributed by atoms with Crippen molar-refractivity contribution in [3.8, 4) is 0 Å². The lowest BCUT2D eigenvalue weighted by Crippen LogP contribution is -2.45. The predicted molar refractivity (Wildman–Crippen MR) is 74.3 cm³/mol. The van der Waals surface area contributed by atoms with E-state index in [-0.39, 0.29) is 5.91 Å². The second-order valence-corrected chi connectivity index (χ2v) is 4.72. The topological polar surface area (TPSA) is 83.3 Å². The molecular weight excluding hydrogens is 242 g/mol. The number of hydrazine groups is 2. The van der Waals surface area contributed by atoms with Crippen LogP contribution >= 0.6 is 0 Å². The average molecular weight is 263 g/mol. The van der Waals surface area contributed by atoms with Crippen LogP contribution in [0.5, 0.6) is 0 Å². The number of hydrogen-bond donors (Lipinski definition) is 3. The van der Waals surface area contributed by atoms with Crippen LogP contribution in [0.3, 0.4) is 0 Å². The number of aryl methyl sites for hydroxylation is 1. The van der Waals surface area contributed by atoms with Crippen LogP contribution in [-0.4, -0.2) is 29.0 Å². The van der Waals surface area contributed by atoms with E-state index in [0.717, 1.165) is 38.0 Å². The number of rotatable bonds is 4. The Labute approximate surface area is 113 Å². The van der Waals surface area contributed by atoms with Crippen molar-refractivity contribution in [3.63, 3.8) is 0 Å². The lowest BCUT2D eigenvalue weighted by atomic mass is 10.1. The summed E-state index contributed by atoms with van der Waals surface area (Å²) in [6.07, 6.45) is 4.27. The van der Waals surface area contributed by atoms with Crippen molar-refractivity contribution >= 4 is 11.7 Å². The molecule has 4 N–H and O–H groups in total. The Balaban J connectivity index is 2.08. The number of nitrogens with two attached hydrogens (primary N) is 1. The highest BCUT2D eigenvalue weighted by Crippen LogP contribution is 2.12. The maximum Gasteiger partial charge on any atom is 0.265 e. The molecule has 2 rings (SSSR count). The van der Waals surface area contributed by atoms with Crippen molar-refractivity contribution < 1.29 is 4.79 Å². The summed E-state index contributed by atoms with van der Waals surface area (Å²) in [4.78, 5) is 16.5. The van der Waals surface area contributed by atoms with Gasteiger partial charge in [0, 0.05) is 24.3 Å². The molecule has 0 radical (unpaired) electrons. The first-order valence-electron chi connectivity index (χ1n) is 6.76. The van der Waals surface area contributed by atoms with E-state index in [1.165, 1.54) is 6.42 Å². The number of piperidine rings is 1. The molecule has 0 unspecified atom stereocenters. The highest BCUT2D eigenvalue weighted by molar-refractivity contribution is 5.94. The first kappa shape index (κ1) is 13.8. The van der Waals surface area contributed by atoms with Gasteiger partial charge in [0.1, 0.15) is 5.82 Å². The van der Waals surface area contributed by atoms with Crippen LogP contribution in [0, 0.1) is 0 Å². The molecule has 6 heteroatoms. The van der Waals surface area contributed by atoms with E-state index in [1.54, 1.807) is 12.1 Å². The molecule has 1 aromatic heterocycles. The summed E-state index contributed by atoms with van der Waals surface area (Å²) in [5.74, 6) is 5.79. The Kier molecular flexibility index (Phi) is 4.70. The monoisotopic (exact) mass is 263 g/mol. The summed E-state index contributed by atoms with van der Waals surface area (Å²) >= 11 is 0. The van der Waals surface area contributed by atoms with Gasteiger partial charge in [-0.25, -0.2) is 15.8 Å². The minimum atomic E-state index is -0.101. The zero-order chi connectivity index (χ0) is 13.7. The lowest BCUT2D eigenvalue weighted by molar-refractivity contribution is 0.0750. The molecule has 1 aliphatic heterocycles. The van der Waals surface area contributed by atoms with Crippen molar-refractivity contribution in [2.45, 2.75) is 32.6 Å². The van der Waals surface area contributed by atoms with Crippen LogP contribution in [0.1, 0.15) is 42.2 Å². The molecule has 1 fully saturated rings. The van der Waals surface area contributed by atoms with Gasteiger partial charge in [-0.05, 0) is 31.4 Å². The molecule has 104 valence electrons. The first-order chi connectivity index (χ1) is 9.22. The van der Waals surface area contributed by atoms with Crippen LogP contribution in [0.25, 0.3) is 0 Å². The fourth-order valence-corrected chi connectivity index (χ4v) is 2.19. The number of nitrogens with zero attached hydrogens (tertiary/aromatic N) is 2. The smallest absolute Gasteiger partial charge is 0.265 e. The van der Waals surface area contributed by atoms with Gasteiger partial charge in [0.05, 0.1) is 0 Å². The van der Waals surface area contributed by atoms with Gasteiger partial charge < -0.3 is 5.43 Å². The summed E-state index contributed by atoms with van der Waals surface area (Å²) in [5, 5.41) is 1.98. The Morgan fingerprint density at radius 3 is 2.74 bits per heavy atom. The number of nitrogens with one attached hydrogen (secondary N) is 2. The molecule has 0 aliphatic carbocycles. The quantitative estimate of drug-likeness (QED) is 0.559. The molecule has 0 atom stereocenters. The average Bonchev–Trinajstić information content (AvgIpc) is 2.47. The van der Waals surface area contributed by atoms with Crippen molar-refractivity contribution in [2.75, 3.05) is 18.5 Å². The van der Waals surface area contributed by atoms with Crippen molar-refractivity contribution in [2.24, 2.45) is 5.84 Å². The molecule has 0 aromatic carbocycles. The van der Waals surface area contributed by atoms with Crippen LogP contribution in [0.2, 0.25) is 0 Å². The Morgan fingerprint density at radius 2 is 2.11 bits per heavy atom. The highest BCUT2D eigenvalue weighted by atomic mass is 16.2. The van der Waals surface area contributed by atoms with Crippen molar-refractivity contribution in [1.82, 2.24) is 15.4 Å². The van der Waals surface area contributed by atoms with Gasteiger partial charge in [0.2, 0.25) is 0 Å². The second kappa shape index (κ2) is 6.49. The van der Waals surface area contributed by atoms with Gasteiger partial charge in [0.25, 0.3) is 5.91 Å². The normalized spacial score (nSPS) is 16.1. The van der Waals surface area contributed by atoms with E-state index in [9.17, 15) is 4.79 Å². The van der Waals surface area contributed by atoms with Crippen LogP contribution in [0.15, 0.2) is 12.1 Å². The zero-order valence-corrected chi connectivity index (χ0v) is 11.3. The maximum atomic E-state index is 12.2. The van der Waals surface area contributed by atoms with Crippen LogP contribution in [0.4, 0.5) is 5.82 Å². The third-order valence-corrected chi connectivity index (χ3v) is 3.27. The standard InChI is InChI=1S/C13H21N5O/c1-2-11-8-10(9-12(15-11)16-14)13(19)17-18-6-4-3-5-7-18/h8-9H,2-7,14H2,1H3,(H,15,16)(H,17,19). The summed E-state index contributed by atoms with van der Waals surface area (Å²) in [6.45, 7) is 3.83. The molecule has 0 spiro atoms. The zero-order valence-electron chi connectivity index (χ0n) is 11.3. The molecule has 0 saturated carbocycles. The maximum absolute atomic E-state index is 12.2. The third kappa shape index (κ3) is 3.65. The molecule has 19 heavy (non-hydrogen) atoms. The van der Waals surface area contributed by atoms with E-state index in [0.29, 0.717) is 11.4 Å². The number of pyridine rings is 1. The number of hydrogen-bond acceptors (Lipinski definition) is 5. The fourth-order valence-electron chi connectivity index (χ4n) is 2.19. The number of aromatic nitrogens is 1. The third-order valence-electron chi connectivity index (χ3n) is 3.27. The minimum absolute atomic E-state index is 0.101. The highest BCUT2D eigenvalue weighted by Gasteiger charge is 2.15. The number of amides is 1. The number of carbonyl (C=O) groups is 1. The Bertz CT molecular complexity index is 420. The SMILES string of the molecule is CCc1cc(C(=O)NN2CCCCC2)cc(NN)n1. The van der Waals surface area contributed by atoms with Crippen molar-refractivity contribution in [1.29, 1.82) is 0 Å².